The fourth-order valence-corrected chi connectivity index (χ4v) is 7.01. The summed E-state index contributed by atoms with van der Waals surface area (Å²) in [5.41, 5.74) is 11.7. The first-order chi connectivity index (χ1) is 22.6. The smallest absolute Gasteiger partial charge is 0.224 e. The summed E-state index contributed by atoms with van der Waals surface area (Å²) >= 11 is 0. The average Bonchev–Trinajstić information content (AvgIpc) is 3.68. The number of fused-ring (bicyclic) bond motifs is 2. The van der Waals surface area contributed by atoms with Crippen LogP contribution in [-0.2, 0) is 14.6 Å². The Morgan fingerprint density at radius 2 is 1.85 bits per heavy atom. The lowest BCUT2D eigenvalue weighted by Crippen LogP contribution is -2.20. The molecule has 13 heteroatoms. The van der Waals surface area contributed by atoms with Gasteiger partial charge in [-0.15, -0.1) is 0 Å². The van der Waals surface area contributed by atoms with Gasteiger partial charge in [-0.3, -0.25) is 19.9 Å². The molecule has 7 rings (SSSR count). The van der Waals surface area contributed by atoms with Gasteiger partial charge < -0.3 is 16.0 Å². The molecule has 1 saturated carbocycles. The van der Waals surface area contributed by atoms with Crippen LogP contribution in [0.2, 0.25) is 0 Å². The van der Waals surface area contributed by atoms with Gasteiger partial charge in [-0.1, -0.05) is 19.3 Å². The molecule has 0 bridgehead atoms. The van der Waals surface area contributed by atoms with Crippen molar-refractivity contribution in [1.82, 2.24) is 30.1 Å². The molecule has 1 fully saturated rings. The number of nitrogens with one attached hydrogen (secondary N) is 3. The van der Waals surface area contributed by atoms with Gasteiger partial charge in [0.2, 0.25) is 5.91 Å². The summed E-state index contributed by atoms with van der Waals surface area (Å²) in [5, 5.41) is 10.7. The SMILES string of the molecule is CS(=O)(=O)C(N)c1cc(F)cc(-c2ccnc3[nH]c(-c4n[nH]c5cnc(-c6cncc(NC(=O)CC7CCCCC7)c6)cc45)cc23)c1. The lowest BCUT2D eigenvalue weighted by Gasteiger charge is -2.20. The zero-order valence-corrected chi connectivity index (χ0v) is 26.4. The van der Waals surface area contributed by atoms with E-state index in [0.717, 1.165) is 36.1 Å². The maximum absolute atomic E-state index is 14.7. The molecule has 240 valence electrons. The molecule has 0 spiro atoms. The van der Waals surface area contributed by atoms with Crippen molar-refractivity contribution in [2.24, 2.45) is 11.7 Å². The number of halogens is 1. The normalized spacial score (nSPS) is 14.9. The molecular formula is C34H33FN8O3S. The number of hydrogen-bond donors (Lipinski definition) is 4. The fourth-order valence-electron chi connectivity index (χ4n) is 6.38. The quantitative estimate of drug-likeness (QED) is 0.149. The predicted molar refractivity (Wildman–Crippen MR) is 179 cm³/mol. The highest BCUT2D eigenvalue weighted by Gasteiger charge is 2.21. The topological polar surface area (TPSA) is 172 Å². The molecule has 5 aromatic heterocycles. The van der Waals surface area contributed by atoms with E-state index >= 15 is 0 Å². The van der Waals surface area contributed by atoms with Gasteiger partial charge in [-0.2, -0.15) is 5.10 Å². The molecule has 0 saturated heterocycles. The molecule has 1 aliphatic rings. The minimum Gasteiger partial charge on any atom is -0.338 e. The van der Waals surface area contributed by atoms with Gasteiger partial charge in [0.05, 0.1) is 35.0 Å². The Morgan fingerprint density at radius 1 is 1.02 bits per heavy atom. The summed E-state index contributed by atoms with van der Waals surface area (Å²) in [6.45, 7) is 0. The molecule has 1 amide bonds. The van der Waals surface area contributed by atoms with Gasteiger partial charge >= 0.3 is 0 Å². The van der Waals surface area contributed by atoms with E-state index < -0.39 is 21.0 Å². The van der Waals surface area contributed by atoms with Crippen LogP contribution in [0.25, 0.3) is 55.7 Å². The zero-order valence-electron chi connectivity index (χ0n) is 25.6. The zero-order chi connectivity index (χ0) is 32.7. The second kappa shape index (κ2) is 12.3. The highest BCUT2D eigenvalue weighted by molar-refractivity contribution is 7.90. The minimum atomic E-state index is -3.64. The Bertz CT molecular complexity index is 2240. The maximum Gasteiger partial charge on any atom is 0.224 e. The van der Waals surface area contributed by atoms with Crippen LogP contribution in [0.3, 0.4) is 0 Å². The molecule has 11 nitrogen and oxygen atoms in total. The van der Waals surface area contributed by atoms with Crippen LogP contribution in [0.5, 0.6) is 0 Å². The molecule has 6 aromatic rings. The fraction of sp³-hybridized carbons (Fsp3) is 0.265. The Kier molecular flexibility index (Phi) is 8.02. The van der Waals surface area contributed by atoms with Crippen molar-refractivity contribution in [2.45, 2.75) is 43.9 Å². The average molecular weight is 653 g/mol. The van der Waals surface area contributed by atoms with Crippen LogP contribution in [-0.4, -0.2) is 50.7 Å². The van der Waals surface area contributed by atoms with Gasteiger partial charge in [0, 0.05) is 41.4 Å². The van der Waals surface area contributed by atoms with Crippen molar-refractivity contribution in [3.63, 3.8) is 0 Å². The Balaban J connectivity index is 1.20. The maximum atomic E-state index is 14.7. The number of H-pyrrole nitrogens is 2. The monoisotopic (exact) mass is 652 g/mol. The number of nitrogens with two attached hydrogens (primary N) is 1. The first kappa shape index (κ1) is 30.6. The van der Waals surface area contributed by atoms with E-state index in [1.807, 2.05) is 18.2 Å². The molecule has 5 heterocycles. The molecule has 0 radical (unpaired) electrons. The molecule has 1 aliphatic carbocycles. The van der Waals surface area contributed by atoms with E-state index in [4.69, 9.17) is 5.73 Å². The van der Waals surface area contributed by atoms with Crippen molar-refractivity contribution in [1.29, 1.82) is 0 Å². The summed E-state index contributed by atoms with van der Waals surface area (Å²) in [6.07, 6.45) is 14.0. The lowest BCUT2D eigenvalue weighted by atomic mass is 9.87. The number of carbonyl (C=O) groups is 1. The summed E-state index contributed by atoms with van der Waals surface area (Å²) in [5.74, 6) is -0.169. The van der Waals surface area contributed by atoms with Gasteiger partial charge in [0.15, 0.2) is 9.84 Å². The Hall–Kier alpha value is -5.01. The van der Waals surface area contributed by atoms with Crippen LogP contribution in [0.15, 0.2) is 67.3 Å². The molecule has 5 N–H and O–H groups in total. The number of nitrogens with zero attached hydrogens (tertiary/aromatic N) is 4. The Morgan fingerprint density at radius 3 is 2.66 bits per heavy atom. The van der Waals surface area contributed by atoms with E-state index in [-0.39, 0.29) is 11.5 Å². The van der Waals surface area contributed by atoms with E-state index in [1.165, 1.54) is 25.3 Å². The number of pyridine rings is 3. The largest absolute Gasteiger partial charge is 0.338 e. The number of carbonyl (C=O) groups excluding carboxylic acids is 1. The highest BCUT2D eigenvalue weighted by Crippen LogP contribution is 2.35. The number of rotatable bonds is 8. The van der Waals surface area contributed by atoms with Crippen LogP contribution in [0.4, 0.5) is 10.1 Å². The second-order valence-electron chi connectivity index (χ2n) is 12.2. The van der Waals surface area contributed by atoms with E-state index in [9.17, 15) is 17.6 Å². The molecular weight excluding hydrogens is 619 g/mol. The summed E-state index contributed by atoms with van der Waals surface area (Å²) in [4.78, 5) is 29.5. The number of amides is 1. The molecule has 1 unspecified atom stereocenters. The summed E-state index contributed by atoms with van der Waals surface area (Å²) in [7, 11) is -3.64. The Labute approximate surface area is 270 Å². The third kappa shape index (κ3) is 6.36. The lowest BCUT2D eigenvalue weighted by molar-refractivity contribution is -0.117. The van der Waals surface area contributed by atoms with E-state index in [0.29, 0.717) is 62.8 Å². The first-order valence-corrected chi connectivity index (χ1v) is 17.4. The molecule has 0 aliphatic heterocycles. The number of aromatic amines is 2. The highest BCUT2D eigenvalue weighted by atomic mass is 32.2. The van der Waals surface area contributed by atoms with Crippen molar-refractivity contribution < 1.29 is 17.6 Å². The third-order valence-corrected chi connectivity index (χ3v) is 9.97. The van der Waals surface area contributed by atoms with E-state index in [1.54, 1.807) is 36.9 Å². The summed E-state index contributed by atoms with van der Waals surface area (Å²) < 4.78 is 38.9. The van der Waals surface area contributed by atoms with E-state index in [2.05, 4.69) is 35.5 Å². The first-order valence-electron chi connectivity index (χ1n) is 15.5. The van der Waals surface area contributed by atoms with Crippen molar-refractivity contribution in [3.8, 4) is 33.8 Å². The van der Waals surface area contributed by atoms with Gasteiger partial charge in [-0.25, -0.2) is 17.8 Å². The second-order valence-corrected chi connectivity index (χ2v) is 14.4. The minimum absolute atomic E-state index is 0.00382. The van der Waals surface area contributed by atoms with Gasteiger partial charge in [0.25, 0.3) is 0 Å². The standard InChI is InChI=1S/C34H33FN8O3S/c1-47(45,46)33(36)21-10-20(11-23(35)12-21)25-7-8-38-34-26(25)14-29(41-34)32-27-15-28(39-18-30(27)42-43-32)22-13-24(17-37-16-22)40-31(44)9-19-5-3-2-4-6-19/h7-8,10-19,33H,2-6,9,36H2,1H3,(H,38,41)(H,40,44)(H,42,43). The number of benzene rings is 1. The van der Waals surface area contributed by atoms with Crippen LogP contribution in [0, 0.1) is 11.7 Å². The van der Waals surface area contributed by atoms with Crippen molar-refractivity contribution in [2.75, 3.05) is 11.6 Å². The van der Waals surface area contributed by atoms with Crippen LogP contribution < -0.4 is 11.1 Å². The number of aromatic nitrogens is 6. The summed E-state index contributed by atoms with van der Waals surface area (Å²) in [6, 6.07) is 11.4. The number of hydrogen-bond acceptors (Lipinski definition) is 8. The number of anilines is 1. The van der Waals surface area contributed by atoms with Crippen LogP contribution in [0.1, 0.15) is 49.5 Å². The molecule has 1 atom stereocenters. The third-order valence-electron chi connectivity index (χ3n) is 8.77. The van der Waals surface area contributed by atoms with Crippen molar-refractivity contribution >= 4 is 43.4 Å². The molecule has 47 heavy (non-hydrogen) atoms. The van der Waals surface area contributed by atoms with Gasteiger partial charge in [0.1, 0.15) is 22.5 Å². The number of sulfone groups is 1. The van der Waals surface area contributed by atoms with Crippen LogP contribution >= 0.6 is 0 Å². The van der Waals surface area contributed by atoms with Gasteiger partial charge in [-0.05, 0) is 77.9 Å². The van der Waals surface area contributed by atoms with Crippen molar-refractivity contribution in [3.05, 3.63) is 78.6 Å². The molecule has 1 aromatic carbocycles. The predicted octanol–water partition coefficient (Wildman–Crippen LogP) is 6.28.